The number of nitrogens with one attached hydrogen (secondary N) is 4. The smallest absolute Gasteiger partial charge is 0.251 e. The molecule has 13 heteroatoms. The minimum Gasteiger partial charge on any atom is -0.493 e. The van der Waals surface area contributed by atoms with E-state index in [-0.39, 0.29) is 67.0 Å². The van der Waals surface area contributed by atoms with Crippen LogP contribution in [0.3, 0.4) is 0 Å². The summed E-state index contributed by atoms with van der Waals surface area (Å²) in [5, 5.41) is 11.8. The van der Waals surface area contributed by atoms with E-state index in [1.165, 1.54) is 25.3 Å². The Bertz CT molecular complexity index is 1660. The molecule has 0 radical (unpaired) electrons. The molecule has 3 heterocycles. The number of nitrogens with zero attached hydrogens (tertiary/aromatic N) is 1. The minimum absolute atomic E-state index is 0. The van der Waals surface area contributed by atoms with Crippen molar-refractivity contribution in [1.29, 1.82) is 0 Å². The summed E-state index contributed by atoms with van der Waals surface area (Å²) >= 11 is 0. The lowest BCUT2D eigenvalue weighted by molar-refractivity contribution is -0.134. The van der Waals surface area contributed by atoms with Crippen LogP contribution in [0.1, 0.15) is 59.7 Å². The van der Waals surface area contributed by atoms with Gasteiger partial charge in [-0.25, -0.2) is 4.39 Å². The highest BCUT2D eigenvalue weighted by Crippen LogP contribution is 2.34. The van der Waals surface area contributed by atoms with Crippen LogP contribution in [0.4, 0.5) is 4.39 Å². The summed E-state index contributed by atoms with van der Waals surface area (Å²) in [4.78, 5) is 54.4. The summed E-state index contributed by atoms with van der Waals surface area (Å²) in [5.41, 5.74) is 3.08. The third-order valence-electron chi connectivity index (χ3n) is 8.58. The Labute approximate surface area is 291 Å². The van der Waals surface area contributed by atoms with E-state index in [2.05, 4.69) is 21.3 Å². The number of benzene rings is 3. The minimum atomic E-state index is -0.765. The number of methoxy groups -OCH3 is 1. The SMILES string of the molecule is CC[C@@H]1NC(=O)CCCN(C(=O)[C@H]2Cc3ccccc3CN2)CCCNC(=O)c2ccc(OC)c(c2)Oc2ccc(cc2F)CNC1=O.Cl. The number of hydrogen-bond donors (Lipinski definition) is 4. The van der Waals surface area contributed by atoms with Crippen LogP contribution in [0.25, 0.3) is 0 Å². The van der Waals surface area contributed by atoms with Gasteiger partial charge >= 0.3 is 0 Å². The molecular formula is C36H43ClFN5O6. The van der Waals surface area contributed by atoms with Gasteiger partial charge in [0.15, 0.2) is 23.1 Å². The molecule has 0 spiro atoms. The molecule has 11 nitrogen and oxygen atoms in total. The Morgan fingerprint density at radius 1 is 0.959 bits per heavy atom. The normalized spacial score (nSPS) is 19.2. The summed E-state index contributed by atoms with van der Waals surface area (Å²) in [7, 11) is 1.45. The highest BCUT2D eigenvalue weighted by molar-refractivity contribution is 5.95. The van der Waals surface area contributed by atoms with Crippen molar-refractivity contribution < 1.29 is 33.0 Å². The van der Waals surface area contributed by atoms with Crippen LogP contribution in [0.5, 0.6) is 17.2 Å². The Hall–Kier alpha value is -4.68. The summed E-state index contributed by atoms with van der Waals surface area (Å²) in [5.74, 6) is -1.39. The summed E-state index contributed by atoms with van der Waals surface area (Å²) in [6.45, 7) is 3.41. The van der Waals surface area contributed by atoms with Gasteiger partial charge in [0, 0.05) is 44.7 Å². The average Bonchev–Trinajstić information content (AvgIpc) is 3.10. The van der Waals surface area contributed by atoms with E-state index in [4.69, 9.17) is 9.47 Å². The van der Waals surface area contributed by atoms with E-state index < -0.39 is 17.9 Å². The van der Waals surface area contributed by atoms with Crippen molar-refractivity contribution >= 4 is 36.0 Å². The van der Waals surface area contributed by atoms with Crippen LogP contribution in [-0.2, 0) is 33.9 Å². The Kier molecular flexibility index (Phi) is 13.4. The maximum atomic E-state index is 15.1. The van der Waals surface area contributed by atoms with Gasteiger partial charge in [0.25, 0.3) is 5.91 Å². The Morgan fingerprint density at radius 2 is 1.73 bits per heavy atom. The standard InChI is InChI=1S/C36H42FN5O6.ClH/c1-3-28-35(45)40-21-23-11-13-30(27(37)18-23)48-32-20-25(12-14-31(32)47-2)34(44)38-15-7-17-42(16-6-10-33(43)41-28)36(46)29-19-24-8-4-5-9-26(24)22-39-29;/h4-5,8-9,11-14,18,20,28-29,39H,3,6-7,10,15-17,19,21-22H2,1-2H3,(H,38,44)(H,40,45)(H,41,43);1H/t28-,29+;/m0./s1. The van der Waals surface area contributed by atoms with Crippen molar-refractivity contribution in [2.24, 2.45) is 0 Å². The van der Waals surface area contributed by atoms with E-state index >= 15 is 4.39 Å². The predicted octanol–water partition coefficient (Wildman–Crippen LogP) is 4.02. The summed E-state index contributed by atoms with van der Waals surface area (Å²) in [6.07, 6.45) is 1.92. The largest absolute Gasteiger partial charge is 0.493 e. The van der Waals surface area contributed by atoms with Gasteiger partial charge in [-0.2, -0.15) is 0 Å². The molecule has 0 unspecified atom stereocenters. The van der Waals surface area contributed by atoms with Crippen LogP contribution >= 0.6 is 12.4 Å². The number of fused-ring (bicyclic) bond motifs is 17. The molecule has 0 saturated carbocycles. The first-order valence-electron chi connectivity index (χ1n) is 16.3. The molecule has 4 bridgehead atoms. The zero-order valence-electron chi connectivity index (χ0n) is 27.7. The van der Waals surface area contributed by atoms with Gasteiger partial charge in [0.1, 0.15) is 6.04 Å². The van der Waals surface area contributed by atoms with Crippen molar-refractivity contribution in [2.45, 2.75) is 64.2 Å². The highest BCUT2D eigenvalue weighted by Gasteiger charge is 2.28. The van der Waals surface area contributed by atoms with Crippen LogP contribution in [0.15, 0.2) is 60.7 Å². The van der Waals surface area contributed by atoms with Crippen LogP contribution in [0, 0.1) is 5.82 Å². The molecule has 3 aromatic rings. The number of ether oxygens (including phenoxy) is 2. The lowest BCUT2D eigenvalue weighted by Gasteiger charge is -2.31. The maximum Gasteiger partial charge on any atom is 0.251 e. The van der Waals surface area contributed by atoms with E-state index in [1.807, 2.05) is 24.3 Å². The topological polar surface area (TPSA) is 138 Å². The summed E-state index contributed by atoms with van der Waals surface area (Å²) in [6, 6.07) is 15.8. The number of amides is 4. The van der Waals surface area contributed by atoms with Gasteiger partial charge in [-0.1, -0.05) is 37.3 Å². The second kappa shape index (κ2) is 17.6. The van der Waals surface area contributed by atoms with E-state index in [1.54, 1.807) is 30.0 Å². The van der Waals surface area contributed by atoms with E-state index in [0.29, 0.717) is 62.2 Å². The Morgan fingerprint density at radius 3 is 2.49 bits per heavy atom. The molecule has 3 aliphatic heterocycles. The zero-order chi connectivity index (χ0) is 34.0. The van der Waals surface area contributed by atoms with Crippen LogP contribution in [0.2, 0.25) is 0 Å². The molecule has 0 aromatic heterocycles. The monoisotopic (exact) mass is 695 g/mol. The first-order valence-corrected chi connectivity index (χ1v) is 16.3. The zero-order valence-corrected chi connectivity index (χ0v) is 28.5. The Balaban J connectivity index is 0.00000541. The first kappa shape index (κ1) is 37.1. The van der Waals surface area contributed by atoms with Crippen LogP contribution in [-0.4, -0.2) is 67.4 Å². The van der Waals surface area contributed by atoms with Crippen molar-refractivity contribution in [3.05, 3.63) is 88.7 Å². The fourth-order valence-corrected chi connectivity index (χ4v) is 5.87. The third-order valence-corrected chi connectivity index (χ3v) is 8.58. The molecule has 0 aliphatic carbocycles. The van der Waals surface area contributed by atoms with E-state index in [0.717, 1.165) is 11.1 Å². The average molecular weight is 696 g/mol. The second-order valence-electron chi connectivity index (χ2n) is 11.9. The number of hydrogen-bond acceptors (Lipinski definition) is 7. The van der Waals surface area contributed by atoms with Gasteiger partial charge in [-0.05, 0) is 72.7 Å². The second-order valence-corrected chi connectivity index (χ2v) is 11.9. The van der Waals surface area contributed by atoms with Crippen molar-refractivity contribution in [1.82, 2.24) is 26.2 Å². The van der Waals surface area contributed by atoms with Gasteiger partial charge < -0.3 is 35.6 Å². The predicted molar refractivity (Wildman–Crippen MR) is 184 cm³/mol. The summed E-state index contributed by atoms with van der Waals surface area (Å²) < 4.78 is 26.3. The number of carbonyl (C=O) groups is 4. The third kappa shape index (κ3) is 9.70. The molecule has 3 aliphatic rings. The first-order chi connectivity index (χ1) is 23.2. The van der Waals surface area contributed by atoms with Gasteiger partial charge in [0.2, 0.25) is 17.7 Å². The van der Waals surface area contributed by atoms with Crippen molar-refractivity contribution in [3.8, 4) is 17.2 Å². The molecule has 2 atom stereocenters. The molecule has 262 valence electrons. The van der Waals surface area contributed by atoms with Crippen molar-refractivity contribution in [2.75, 3.05) is 26.7 Å². The molecule has 3 aromatic carbocycles. The quantitative estimate of drug-likeness (QED) is 0.325. The molecule has 49 heavy (non-hydrogen) atoms. The number of rotatable bonds is 3. The fraction of sp³-hybridized carbons (Fsp3) is 0.389. The number of carbonyl (C=O) groups excluding carboxylic acids is 4. The van der Waals surface area contributed by atoms with Crippen LogP contribution < -0.4 is 30.7 Å². The molecule has 0 fully saturated rings. The van der Waals surface area contributed by atoms with E-state index in [9.17, 15) is 19.2 Å². The highest BCUT2D eigenvalue weighted by atomic mass is 35.5. The van der Waals surface area contributed by atoms with Gasteiger partial charge in [-0.15, -0.1) is 12.4 Å². The maximum absolute atomic E-state index is 15.1. The molecular weight excluding hydrogens is 653 g/mol. The molecule has 6 rings (SSSR count). The lowest BCUT2D eigenvalue weighted by Crippen LogP contribution is -2.50. The molecule has 4 N–H and O–H groups in total. The van der Waals surface area contributed by atoms with Gasteiger partial charge in [-0.3, -0.25) is 19.2 Å². The molecule has 0 saturated heterocycles. The fourth-order valence-electron chi connectivity index (χ4n) is 5.87. The lowest BCUT2D eigenvalue weighted by atomic mass is 9.95. The van der Waals surface area contributed by atoms with Gasteiger partial charge in [0.05, 0.1) is 13.2 Å². The number of halogens is 2. The molecule has 4 amide bonds. The van der Waals surface area contributed by atoms with Crippen molar-refractivity contribution in [3.63, 3.8) is 0 Å².